The molecule has 1 rings (SSSR count). The molecule has 5 nitrogen and oxygen atoms in total. The topological polar surface area (TPSA) is 64.6 Å². The number of hydrogen-bond acceptors (Lipinski definition) is 4. The van der Waals surface area contributed by atoms with E-state index in [1.807, 2.05) is 0 Å². The van der Waals surface area contributed by atoms with Gasteiger partial charge in [0.2, 0.25) is 0 Å². The molecule has 1 aromatic rings. The third-order valence-corrected chi connectivity index (χ3v) is 2.86. The predicted molar refractivity (Wildman–Crippen MR) is 75.2 cm³/mol. The van der Waals surface area contributed by atoms with Crippen molar-refractivity contribution >= 4 is 12.1 Å². The van der Waals surface area contributed by atoms with Gasteiger partial charge in [-0.25, -0.2) is 18.0 Å². The fourth-order valence-electron chi connectivity index (χ4n) is 1.86. The first-order chi connectivity index (χ1) is 10.7. The molecule has 0 aliphatic rings. The number of carbonyl (C=O) groups is 2. The molecule has 0 saturated heterocycles. The highest BCUT2D eigenvalue weighted by atomic mass is 19.2. The molecule has 0 saturated carbocycles. The van der Waals surface area contributed by atoms with Gasteiger partial charge in [-0.15, -0.1) is 0 Å². The highest BCUT2D eigenvalue weighted by Crippen LogP contribution is 2.16. The number of halogens is 3. The number of rotatable bonds is 6. The van der Waals surface area contributed by atoms with Gasteiger partial charge in [0.25, 0.3) is 0 Å². The van der Waals surface area contributed by atoms with Crippen molar-refractivity contribution in [3.8, 4) is 0 Å². The summed E-state index contributed by atoms with van der Waals surface area (Å²) in [5.41, 5.74) is -0.178. The number of carbonyl (C=O) groups excluding carboxylic acids is 2. The van der Waals surface area contributed by atoms with Gasteiger partial charge >= 0.3 is 12.1 Å². The zero-order valence-electron chi connectivity index (χ0n) is 13.0. The van der Waals surface area contributed by atoms with Gasteiger partial charge < -0.3 is 14.8 Å². The number of alkyl carbamates (subject to hydrolysis) is 1. The first kappa shape index (κ1) is 18.8. The second-order valence-electron chi connectivity index (χ2n) is 5.14. The molecule has 1 atom stereocenters. The van der Waals surface area contributed by atoms with Crippen molar-refractivity contribution in [2.75, 3.05) is 7.11 Å². The Hall–Kier alpha value is -2.25. The molecule has 23 heavy (non-hydrogen) atoms. The highest BCUT2D eigenvalue weighted by Gasteiger charge is 2.21. The SMILES string of the molecule is COC(=O)CC(Cc1cc(F)c(F)cc1F)NC(=O)OC(C)C. The smallest absolute Gasteiger partial charge is 0.407 e. The fourth-order valence-corrected chi connectivity index (χ4v) is 1.86. The molecular formula is C15H18F3NO4. The molecule has 1 aromatic carbocycles. The number of methoxy groups -OCH3 is 1. The normalized spacial score (nSPS) is 12.0. The average molecular weight is 333 g/mol. The molecule has 1 unspecified atom stereocenters. The molecule has 0 heterocycles. The van der Waals surface area contributed by atoms with E-state index in [0.717, 1.165) is 7.11 Å². The highest BCUT2D eigenvalue weighted by molar-refractivity contribution is 5.72. The Kier molecular flexibility index (Phi) is 6.87. The van der Waals surface area contributed by atoms with E-state index in [0.29, 0.717) is 12.1 Å². The van der Waals surface area contributed by atoms with E-state index in [1.54, 1.807) is 13.8 Å². The lowest BCUT2D eigenvalue weighted by molar-refractivity contribution is -0.141. The van der Waals surface area contributed by atoms with Crippen LogP contribution in [0.25, 0.3) is 0 Å². The molecule has 8 heteroatoms. The van der Waals surface area contributed by atoms with Gasteiger partial charge in [-0.05, 0) is 31.9 Å². The van der Waals surface area contributed by atoms with Gasteiger partial charge in [0.05, 0.1) is 19.6 Å². The van der Waals surface area contributed by atoms with Crippen LogP contribution in [0.15, 0.2) is 12.1 Å². The van der Waals surface area contributed by atoms with Crippen LogP contribution < -0.4 is 5.32 Å². The van der Waals surface area contributed by atoms with Crippen LogP contribution in [0.4, 0.5) is 18.0 Å². The lowest BCUT2D eigenvalue weighted by Gasteiger charge is -2.19. The van der Waals surface area contributed by atoms with Gasteiger partial charge in [0.15, 0.2) is 11.6 Å². The maximum atomic E-state index is 13.7. The van der Waals surface area contributed by atoms with Crippen LogP contribution in [0.1, 0.15) is 25.8 Å². The minimum absolute atomic E-state index is 0.178. The van der Waals surface area contributed by atoms with E-state index in [1.165, 1.54) is 0 Å². The van der Waals surface area contributed by atoms with E-state index < -0.39 is 41.7 Å². The summed E-state index contributed by atoms with van der Waals surface area (Å²) in [6.07, 6.45) is -1.71. The molecule has 0 fully saturated rings. The summed E-state index contributed by atoms with van der Waals surface area (Å²) in [5.74, 6) is -4.16. The lowest BCUT2D eigenvalue weighted by Crippen LogP contribution is -2.39. The van der Waals surface area contributed by atoms with Crippen molar-refractivity contribution in [3.63, 3.8) is 0 Å². The fraction of sp³-hybridized carbons (Fsp3) is 0.467. The Balaban J connectivity index is 2.89. The Labute approximate surface area is 131 Å². The van der Waals surface area contributed by atoms with Crippen LogP contribution in [-0.4, -0.2) is 31.3 Å². The van der Waals surface area contributed by atoms with Crippen molar-refractivity contribution < 1.29 is 32.2 Å². The molecule has 128 valence electrons. The van der Waals surface area contributed by atoms with Crippen LogP contribution in [0.2, 0.25) is 0 Å². The summed E-state index contributed by atoms with van der Waals surface area (Å²) in [7, 11) is 1.16. The van der Waals surface area contributed by atoms with E-state index >= 15 is 0 Å². The summed E-state index contributed by atoms with van der Waals surface area (Å²) in [6.45, 7) is 3.26. The summed E-state index contributed by atoms with van der Waals surface area (Å²) in [4.78, 5) is 23.0. The van der Waals surface area contributed by atoms with Crippen LogP contribution in [0.3, 0.4) is 0 Å². The van der Waals surface area contributed by atoms with E-state index in [2.05, 4.69) is 10.1 Å². The van der Waals surface area contributed by atoms with E-state index in [9.17, 15) is 22.8 Å². The van der Waals surface area contributed by atoms with Crippen molar-refractivity contribution in [3.05, 3.63) is 35.1 Å². The zero-order chi connectivity index (χ0) is 17.6. The van der Waals surface area contributed by atoms with E-state index in [4.69, 9.17) is 4.74 Å². The Morgan fingerprint density at radius 2 is 1.74 bits per heavy atom. The number of nitrogens with one attached hydrogen (secondary N) is 1. The van der Waals surface area contributed by atoms with Gasteiger partial charge in [-0.2, -0.15) is 0 Å². The first-order valence-corrected chi connectivity index (χ1v) is 6.90. The van der Waals surface area contributed by atoms with E-state index in [-0.39, 0.29) is 18.4 Å². The maximum Gasteiger partial charge on any atom is 0.407 e. The Bertz CT molecular complexity index is 578. The van der Waals surface area contributed by atoms with Gasteiger partial charge in [-0.3, -0.25) is 4.79 Å². The van der Waals surface area contributed by atoms with Crippen molar-refractivity contribution in [2.45, 2.75) is 38.8 Å². The zero-order valence-corrected chi connectivity index (χ0v) is 13.0. The summed E-state index contributed by atoms with van der Waals surface area (Å²) in [5, 5.41) is 2.38. The molecule has 0 aliphatic heterocycles. The molecule has 1 amide bonds. The predicted octanol–water partition coefficient (Wildman–Crippen LogP) is 2.71. The first-order valence-electron chi connectivity index (χ1n) is 6.90. The molecule has 0 aliphatic carbocycles. The number of ether oxygens (including phenoxy) is 2. The standard InChI is InChI=1S/C15H18F3NO4/c1-8(2)23-15(21)19-10(6-14(20)22-3)4-9-5-12(17)13(18)7-11(9)16/h5,7-8,10H,4,6H2,1-3H3,(H,19,21). The van der Waals surface area contributed by atoms with Crippen molar-refractivity contribution in [1.29, 1.82) is 0 Å². The summed E-state index contributed by atoms with van der Waals surface area (Å²) < 4.78 is 49.2. The molecule has 1 N–H and O–H groups in total. The summed E-state index contributed by atoms with van der Waals surface area (Å²) >= 11 is 0. The average Bonchev–Trinajstić information content (AvgIpc) is 2.43. The lowest BCUT2D eigenvalue weighted by atomic mass is 10.0. The van der Waals surface area contributed by atoms with Crippen LogP contribution >= 0.6 is 0 Å². The van der Waals surface area contributed by atoms with Crippen LogP contribution in [-0.2, 0) is 20.7 Å². The second kappa shape index (κ2) is 8.40. The molecule has 0 spiro atoms. The Morgan fingerprint density at radius 3 is 2.30 bits per heavy atom. The molecule has 0 bridgehead atoms. The maximum absolute atomic E-state index is 13.7. The monoisotopic (exact) mass is 333 g/mol. The minimum atomic E-state index is -1.32. The van der Waals surface area contributed by atoms with Crippen molar-refractivity contribution in [2.24, 2.45) is 0 Å². The quantitative estimate of drug-likeness (QED) is 0.642. The largest absolute Gasteiger partial charge is 0.469 e. The van der Waals surface area contributed by atoms with Crippen molar-refractivity contribution in [1.82, 2.24) is 5.32 Å². The van der Waals surface area contributed by atoms with Gasteiger partial charge in [0.1, 0.15) is 5.82 Å². The molecule has 0 radical (unpaired) electrons. The van der Waals surface area contributed by atoms with Gasteiger partial charge in [0, 0.05) is 12.1 Å². The van der Waals surface area contributed by atoms with Crippen LogP contribution in [0, 0.1) is 17.5 Å². The number of esters is 1. The number of hydrogen-bond donors (Lipinski definition) is 1. The second-order valence-corrected chi connectivity index (χ2v) is 5.14. The third-order valence-electron chi connectivity index (χ3n) is 2.86. The number of amides is 1. The molecular weight excluding hydrogens is 315 g/mol. The number of benzene rings is 1. The van der Waals surface area contributed by atoms with Crippen LogP contribution in [0.5, 0.6) is 0 Å². The molecule has 0 aromatic heterocycles. The Morgan fingerprint density at radius 1 is 1.13 bits per heavy atom. The minimum Gasteiger partial charge on any atom is -0.469 e. The third kappa shape index (κ3) is 6.17. The summed E-state index contributed by atoms with van der Waals surface area (Å²) in [6, 6.07) is 0.199. The van der Waals surface area contributed by atoms with Gasteiger partial charge in [-0.1, -0.05) is 0 Å².